The summed E-state index contributed by atoms with van der Waals surface area (Å²) >= 11 is 1.56. The summed E-state index contributed by atoms with van der Waals surface area (Å²) in [6.07, 6.45) is 0. The summed E-state index contributed by atoms with van der Waals surface area (Å²) in [5, 5.41) is 13.0. The van der Waals surface area contributed by atoms with Gasteiger partial charge in [-0.25, -0.2) is 4.39 Å². The van der Waals surface area contributed by atoms with Gasteiger partial charge >= 0.3 is 0 Å². The summed E-state index contributed by atoms with van der Waals surface area (Å²) in [4.78, 5) is 4.38. The van der Waals surface area contributed by atoms with E-state index in [-0.39, 0.29) is 12.4 Å². The van der Waals surface area contributed by atoms with Gasteiger partial charge in [0, 0.05) is 11.4 Å². The molecule has 1 heterocycles. The first kappa shape index (κ1) is 11.4. The van der Waals surface area contributed by atoms with E-state index in [0.717, 1.165) is 16.6 Å². The van der Waals surface area contributed by atoms with Crippen LogP contribution in [0.2, 0.25) is 0 Å². The molecule has 0 spiro atoms. The largest absolute Gasteiger partial charge is 0.394 e. The maximum Gasteiger partial charge on any atom is 0.161 e. The van der Waals surface area contributed by atoms with Gasteiger partial charge in [-0.2, -0.15) is 0 Å². The number of hydrogen-bond donors (Lipinski definition) is 2. The molecule has 2 rings (SSSR count). The smallest absolute Gasteiger partial charge is 0.161 e. The monoisotopic (exact) mass is 240 g/mol. The van der Waals surface area contributed by atoms with Crippen LogP contribution < -0.4 is 5.32 Å². The lowest BCUT2D eigenvalue weighted by atomic mass is 10.1. The van der Waals surface area contributed by atoms with E-state index in [2.05, 4.69) is 10.3 Å². The lowest BCUT2D eigenvalue weighted by molar-refractivity contribution is 0.227. The summed E-state index contributed by atoms with van der Waals surface area (Å²) in [6.45, 7) is 1.94. The molecule has 0 aliphatic carbocycles. The Labute approximate surface area is 97.8 Å². The van der Waals surface area contributed by atoms with E-state index in [1.165, 1.54) is 12.1 Å². The van der Waals surface area contributed by atoms with Gasteiger partial charge in [0.15, 0.2) is 5.17 Å². The quantitative estimate of drug-likeness (QED) is 0.832. The van der Waals surface area contributed by atoms with Crippen LogP contribution in [0.5, 0.6) is 0 Å². The number of thioether (sulfide) groups is 1. The van der Waals surface area contributed by atoms with Gasteiger partial charge in [0.1, 0.15) is 5.82 Å². The predicted molar refractivity (Wildman–Crippen MR) is 65.4 cm³/mol. The van der Waals surface area contributed by atoms with Crippen molar-refractivity contribution in [2.45, 2.75) is 12.5 Å². The molecule has 1 aliphatic heterocycles. The highest BCUT2D eigenvalue weighted by molar-refractivity contribution is 8.14. The molecule has 5 heteroatoms. The fraction of sp³-hybridized carbons (Fsp3) is 0.364. The fourth-order valence-corrected chi connectivity index (χ4v) is 2.41. The van der Waals surface area contributed by atoms with Crippen LogP contribution >= 0.6 is 11.8 Å². The van der Waals surface area contributed by atoms with Crippen molar-refractivity contribution in [2.24, 2.45) is 4.99 Å². The third-order valence-corrected chi connectivity index (χ3v) is 3.56. The van der Waals surface area contributed by atoms with Gasteiger partial charge in [-0.05, 0) is 31.2 Å². The lowest BCUT2D eigenvalue weighted by Crippen LogP contribution is -2.26. The van der Waals surface area contributed by atoms with Crippen LogP contribution in [0.3, 0.4) is 0 Å². The standard InChI is InChI=1S/C11H13FN2OS/c1-11(6-15)7-16-10(14-11)13-9-4-2-8(12)3-5-9/h2-5,15H,6-7H2,1H3,(H,13,14)/t11-/m0/s1. The molecule has 1 aromatic carbocycles. The molecule has 3 nitrogen and oxygen atoms in total. The van der Waals surface area contributed by atoms with E-state index >= 15 is 0 Å². The Morgan fingerprint density at radius 1 is 1.50 bits per heavy atom. The van der Waals surface area contributed by atoms with Crippen LogP contribution in [0.1, 0.15) is 6.92 Å². The highest BCUT2D eigenvalue weighted by Gasteiger charge is 2.29. The van der Waals surface area contributed by atoms with Crippen LogP contribution in [-0.4, -0.2) is 28.2 Å². The third kappa shape index (κ3) is 2.54. The number of halogens is 1. The van der Waals surface area contributed by atoms with Crippen LogP contribution in [0, 0.1) is 5.82 Å². The number of aliphatic imine (C=N–C) groups is 1. The number of benzene rings is 1. The van der Waals surface area contributed by atoms with Crippen LogP contribution in [-0.2, 0) is 0 Å². The van der Waals surface area contributed by atoms with Crippen molar-refractivity contribution in [1.82, 2.24) is 0 Å². The number of amidine groups is 1. The Morgan fingerprint density at radius 2 is 2.19 bits per heavy atom. The zero-order chi connectivity index (χ0) is 11.6. The molecule has 0 unspecified atom stereocenters. The number of aliphatic hydroxyl groups is 1. The first-order valence-electron chi connectivity index (χ1n) is 4.97. The first-order valence-corrected chi connectivity index (χ1v) is 5.96. The second-order valence-corrected chi connectivity index (χ2v) is 4.96. The lowest BCUT2D eigenvalue weighted by Gasteiger charge is -2.14. The molecule has 1 atom stereocenters. The van der Waals surface area contributed by atoms with Crippen molar-refractivity contribution in [3.05, 3.63) is 30.1 Å². The molecule has 16 heavy (non-hydrogen) atoms. The summed E-state index contributed by atoms with van der Waals surface area (Å²) in [7, 11) is 0. The number of rotatable bonds is 2. The van der Waals surface area contributed by atoms with E-state index in [9.17, 15) is 4.39 Å². The summed E-state index contributed by atoms with van der Waals surface area (Å²) < 4.78 is 12.7. The van der Waals surface area contributed by atoms with Gasteiger partial charge < -0.3 is 10.4 Å². The number of hydrogen-bond acceptors (Lipinski definition) is 4. The molecule has 2 N–H and O–H groups in total. The van der Waals surface area contributed by atoms with Crippen molar-refractivity contribution in [1.29, 1.82) is 0 Å². The second kappa shape index (κ2) is 4.43. The first-order chi connectivity index (χ1) is 7.61. The van der Waals surface area contributed by atoms with Crippen molar-refractivity contribution >= 4 is 22.6 Å². The molecule has 1 aliphatic rings. The molecule has 0 saturated carbocycles. The molecule has 0 saturated heterocycles. The number of nitrogens with zero attached hydrogens (tertiary/aromatic N) is 1. The second-order valence-electron chi connectivity index (χ2n) is 3.99. The fourth-order valence-electron chi connectivity index (χ4n) is 1.34. The topological polar surface area (TPSA) is 44.6 Å². The highest BCUT2D eigenvalue weighted by Crippen LogP contribution is 2.27. The molecular formula is C11H13FN2OS. The van der Waals surface area contributed by atoms with E-state index in [4.69, 9.17) is 5.11 Å². The van der Waals surface area contributed by atoms with Crippen molar-refractivity contribution in [2.75, 3.05) is 17.7 Å². The molecule has 1 aromatic rings. The van der Waals surface area contributed by atoms with Gasteiger partial charge in [-0.15, -0.1) is 0 Å². The number of aliphatic hydroxyl groups excluding tert-OH is 1. The van der Waals surface area contributed by atoms with Gasteiger partial charge in [0.2, 0.25) is 0 Å². The van der Waals surface area contributed by atoms with E-state index in [1.54, 1.807) is 23.9 Å². The van der Waals surface area contributed by atoms with Gasteiger partial charge in [0.25, 0.3) is 0 Å². The molecular weight excluding hydrogens is 227 g/mol. The Balaban J connectivity index is 2.06. The van der Waals surface area contributed by atoms with E-state index in [1.807, 2.05) is 6.92 Å². The van der Waals surface area contributed by atoms with Crippen molar-refractivity contribution < 1.29 is 9.50 Å². The summed E-state index contributed by atoms with van der Waals surface area (Å²) in [5.41, 5.74) is 0.405. The summed E-state index contributed by atoms with van der Waals surface area (Å²) in [6, 6.07) is 6.11. The van der Waals surface area contributed by atoms with Crippen LogP contribution in [0.15, 0.2) is 29.3 Å². The Kier molecular flexibility index (Phi) is 3.16. The molecule has 0 aromatic heterocycles. The Bertz CT molecular complexity index is 407. The minimum Gasteiger partial charge on any atom is -0.394 e. The SMILES string of the molecule is C[C@]1(CO)CSC(Nc2ccc(F)cc2)=N1. The Hall–Kier alpha value is -1.07. The third-order valence-electron chi connectivity index (χ3n) is 2.33. The summed E-state index contributed by atoms with van der Waals surface area (Å²) in [5.74, 6) is 0.499. The minimum absolute atomic E-state index is 0.0363. The zero-order valence-electron chi connectivity index (χ0n) is 8.90. The minimum atomic E-state index is -0.396. The molecule has 0 radical (unpaired) electrons. The molecule has 0 amide bonds. The van der Waals surface area contributed by atoms with Gasteiger partial charge in [-0.1, -0.05) is 11.8 Å². The van der Waals surface area contributed by atoms with Gasteiger partial charge in [0.05, 0.1) is 12.1 Å². The maximum absolute atomic E-state index is 12.7. The normalized spacial score (nSPS) is 24.3. The van der Waals surface area contributed by atoms with Crippen molar-refractivity contribution in [3.8, 4) is 0 Å². The van der Waals surface area contributed by atoms with E-state index < -0.39 is 5.54 Å². The van der Waals surface area contributed by atoms with Gasteiger partial charge in [-0.3, -0.25) is 4.99 Å². The van der Waals surface area contributed by atoms with Crippen LogP contribution in [0.25, 0.3) is 0 Å². The van der Waals surface area contributed by atoms with Crippen molar-refractivity contribution in [3.63, 3.8) is 0 Å². The molecule has 0 bridgehead atoms. The highest BCUT2D eigenvalue weighted by atomic mass is 32.2. The zero-order valence-corrected chi connectivity index (χ0v) is 9.72. The number of anilines is 1. The average molecular weight is 240 g/mol. The Morgan fingerprint density at radius 3 is 2.75 bits per heavy atom. The van der Waals surface area contributed by atoms with Crippen LogP contribution in [0.4, 0.5) is 10.1 Å². The number of nitrogens with one attached hydrogen (secondary N) is 1. The molecule has 86 valence electrons. The maximum atomic E-state index is 12.7. The predicted octanol–water partition coefficient (Wildman–Crippen LogP) is 2.09. The average Bonchev–Trinajstić information content (AvgIpc) is 2.65. The van der Waals surface area contributed by atoms with E-state index in [0.29, 0.717) is 0 Å². The molecule has 0 fully saturated rings.